The molecule has 0 fully saturated rings. The molecule has 4 rings (SSSR count). The van der Waals surface area contributed by atoms with Gasteiger partial charge in [0.15, 0.2) is 14.2 Å². The average molecular weight is 556 g/mol. The van der Waals surface area contributed by atoms with Gasteiger partial charge < -0.3 is 24.7 Å². The highest BCUT2D eigenvalue weighted by Crippen LogP contribution is 2.36. The maximum atomic E-state index is 12.7. The van der Waals surface area contributed by atoms with Crippen LogP contribution in [-0.2, 0) is 11.0 Å². The van der Waals surface area contributed by atoms with Crippen LogP contribution in [0.25, 0.3) is 10.8 Å². The van der Waals surface area contributed by atoms with Gasteiger partial charge >= 0.3 is 0 Å². The van der Waals surface area contributed by atoms with Crippen LogP contribution in [0.1, 0.15) is 36.0 Å². The molecule has 0 saturated heterocycles. The minimum Gasteiger partial charge on any atom is -0.494 e. The normalized spacial score (nSPS) is 12.2. The molecule has 0 aliphatic heterocycles. The van der Waals surface area contributed by atoms with E-state index in [1.165, 1.54) is 11.3 Å². The Bertz CT molecular complexity index is 1410. The van der Waals surface area contributed by atoms with Crippen LogP contribution in [0.15, 0.2) is 60.8 Å². The second-order valence-corrected chi connectivity index (χ2v) is 17.2. The Kier molecular flexibility index (Phi) is 8.04. The lowest BCUT2D eigenvalue weighted by Crippen LogP contribution is -2.41. The van der Waals surface area contributed by atoms with E-state index in [1.807, 2.05) is 42.6 Å². The monoisotopic (exact) mass is 555 g/mol. The van der Waals surface area contributed by atoms with Crippen LogP contribution in [0.3, 0.4) is 0 Å². The lowest BCUT2D eigenvalue weighted by molar-refractivity contribution is 0.103. The SMILES string of the molecule is CC(C)(C)[Si](C)(C)OCCNc1cccc(Cn2cc3c(NC(=O)c4ccc(Cl)s4)cccc3c2O)c1. The Morgan fingerprint density at radius 2 is 1.86 bits per heavy atom. The van der Waals surface area contributed by atoms with Gasteiger partial charge in [-0.15, -0.1) is 11.3 Å². The zero-order valence-electron chi connectivity index (χ0n) is 21.9. The fraction of sp³-hybridized carbons (Fsp3) is 0.321. The molecule has 0 saturated carbocycles. The van der Waals surface area contributed by atoms with Gasteiger partial charge in [0.1, 0.15) is 0 Å². The predicted octanol–water partition coefficient (Wildman–Crippen LogP) is 7.80. The molecular formula is C28H34ClN3O3SSi. The van der Waals surface area contributed by atoms with Gasteiger partial charge in [-0.2, -0.15) is 0 Å². The van der Waals surface area contributed by atoms with Crippen LogP contribution >= 0.6 is 22.9 Å². The van der Waals surface area contributed by atoms with Crippen LogP contribution in [0, 0.1) is 0 Å². The fourth-order valence-electron chi connectivity index (χ4n) is 3.82. The lowest BCUT2D eigenvalue weighted by Gasteiger charge is -2.36. The van der Waals surface area contributed by atoms with Gasteiger partial charge in [0.2, 0.25) is 0 Å². The summed E-state index contributed by atoms with van der Waals surface area (Å²) in [6.45, 7) is 13.1. The van der Waals surface area contributed by atoms with Crippen molar-refractivity contribution in [1.82, 2.24) is 4.57 Å². The number of aromatic nitrogens is 1. The van der Waals surface area contributed by atoms with E-state index in [9.17, 15) is 9.90 Å². The van der Waals surface area contributed by atoms with Crippen molar-refractivity contribution in [3.8, 4) is 5.88 Å². The lowest BCUT2D eigenvalue weighted by atomic mass is 10.2. The largest absolute Gasteiger partial charge is 0.494 e. The first-order valence-electron chi connectivity index (χ1n) is 12.3. The first-order valence-corrected chi connectivity index (χ1v) is 16.4. The first-order chi connectivity index (χ1) is 17.4. The molecule has 3 N–H and O–H groups in total. The number of halogens is 1. The Labute approximate surface area is 228 Å². The highest BCUT2D eigenvalue weighted by atomic mass is 35.5. The molecule has 9 heteroatoms. The number of aromatic hydroxyl groups is 1. The number of carbonyl (C=O) groups excluding carboxylic acids is 1. The molecule has 0 radical (unpaired) electrons. The van der Waals surface area contributed by atoms with E-state index in [0.717, 1.165) is 23.2 Å². The minimum absolute atomic E-state index is 0.159. The summed E-state index contributed by atoms with van der Waals surface area (Å²) in [5.41, 5.74) is 2.69. The van der Waals surface area contributed by atoms with E-state index < -0.39 is 8.32 Å². The summed E-state index contributed by atoms with van der Waals surface area (Å²) in [5, 5.41) is 19.0. The van der Waals surface area contributed by atoms with Crippen molar-refractivity contribution in [3.05, 3.63) is 75.6 Å². The molecule has 2 aromatic carbocycles. The maximum absolute atomic E-state index is 12.7. The van der Waals surface area contributed by atoms with Crippen LogP contribution in [0.5, 0.6) is 5.88 Å². The quantitative estimate of drug-likeness (QED) is 0.145. The summed E-state index contributed by atoms with van der Waals surface area (Å²) in [6, 6.07) is 17.1. The average Bonchev–Trinajstić information content (AvgIpc) is 3.40. The van der Waals surface area contributed by atoms with Crippen LogP contribution in [0.2, 0.25) is 22.5 Å². The van der Waals surface area contributed by atoms with E-state index in [-0.39, 0.29) is 16.8 Å². The van der Waals surface area contributed by atoms with E-state index in [0.29, 0.717) is 33.4 Å². The van der Waals surface area contributed by atoms with Crippen molar-refractivity contribution in [2.75, 3.05) is 23.8 Å². The number of hydrogen-bond acceptors (Lipinski definition) is 5. The summed E-state index contributed by atoms with van der Waals surface area (Å²) in [6.07, 6.45) is 1.87. The molecule has 6 nitrogen and oxygen atoms in total. The molecule has 2 aromatic heterocycles. The number of anilines is 2. The van der Waals surface area contributed by atoms with Crippen molar-refractivity contribution in [3.63, 3.8) is 0 Å². The summed E-state index contributed by atoms with van der Waals surface area (Å²) < 4.78 is 8.62. The highest BCUT2D eigenvalue weighted by Gasteiger charge is 2.36. The minimum atomic E-state index is -1.76. The maximum Gasteiger partial charge on any atom is 0.265 e. The summed E-state index contributed by atoms with van der Waals surface area (Å²) in [4.78, 5) is 13.2. The van der Waals surface area contributed by atoms with E-state index >= 15 is 0 Å². The summed E-state index contributed by atoms with van der Waals surface area (Å²) in [7, 11) is -1.76. The number of carbonyl (C=O) groups is 1. The van der Waals surface area contributed by atoms with Crippen molar-refractivity contribution in [2.45, 2.75) is 45.4 Å². The van der Waals surface area contributed by atoms with Crippen molar-refractivity contribution < 1.29 is 14.3 Å². The number of hydrogen-bond donors (Lipinski definition) is 3. The second-order valence-electron chi connectivity index (χ2n) is 10.6. The second kappa shape index (κ2) is 10.9. The Hall–Kier alpha value is -2.78. The summed E-state index contributed by atoms with van der Waals surface area (Å²) >= 11 is 7.21. The van der Waals surface area contributed by atoms with Gasteiger partial charge in [-0.3, -0.25) is 4.79 Å². The molecule has 37 heavy (non-hydrogen) atoms. The molecule has 0 aliphatic carbocycles. The first kappa shape index (κ1) is 27.3. The third kappa shape index (κ3) is 6.38. The molecule has 0 aliphatic rings. The molecule has 0 unspecified atom stereocenters. The standard InChI is InChI=1S/C28H34ClN3O3SSi/c1-28(2,3)37(4,5)35-15-14-30-20-9-6-8-19(16-20)17-32-18-22-21(27(32)34)10-7-11-23(22)31-26(33)24-12-13-25(29)36-24/h6-13,16,18,30,34H,14-15,17H2,1-5H3,(H,31,33). The van der Waals surface area contributed by atoms with E-state index in [2.05, 4.69) is 50.6 Å². The van der Waals surface area contributed by atoms with E-state index in [1.54, 1.807) is 16.7 Å². The molecule has 1 amide bonds. The van der Waals surface area contributed by atoms with Crippen molar-refractivity contribution in [2.24, 2.45) is 0 Å². The van der Waals surface area contributed by atoms with Gasteiger partial charge in [-0.1, -0.05) is 50.6 Å². The molecule has 196 valence electrons. The van der Waals surface area contributed by atoms with Gasteiger partial charge in [0, 0.05) is 29.2 Å². The number of thiophene rings is 1. The van der Waals surface area contributed by atoms with Crippen molar-refractivity contribution in [1.29, 1.82) is 0 Å². The molecule has 0 atom stereocenters. The Morgan fingerprint density at radius 3 is 2.57 bits per heavy atom. The summed E-state index contributed by atoms with van der Waals surface area (Å²) in [5.74, 6) is -0.0700. The zero-order valence-corrected chi connectivity index (χ0v) is 24.5. The number of benzene rings is 2. The number of rotatable bonds is 9. The van der Waals surface area contributed by atoms with E-state index in [4.69, 9.17) is 16.0 Å². The number of nitrogens with one attached hydrogen (secondary N) is 2. The fourth-order valence-corrected chi connectivity index (χ4v) is 5.80. The van der Waals surface area contributed by atoms with Gasteiger partial charge in [0.25, 0.3) is 5.91 Å². The molecule has 0 bridgehead atoms. The number of fused-ring (bicyclic) bond motifs is 1. The Morgan fingerprint density at radius 1 is 1.11 bits per heavy atom. The smallest absolute Gasteiger partial charge is 0.265 e. The number of nitrogens with zero attached hydrogens (tertiary/aromatic N) is 1. The number of amides is 1. The molecule has 2 heterocycles. The van der Waals surface area contributed by atoms with Crippen LogP contribution < -0.4 is 10.6 Å². The predicted molar refractivity (Wildman–Crippen MR) is 158 cm³/mol. The highest BCUT2D eigenvalue weighted by molar-refractivity contribution is 7.18. The Balaban J connectivity index is 1.44. The zero-order chi connectivity index (χ0) is 26.8. The van der Waals surface area contributed by atoms with Gasteiger partial charge in [-0.05, 0) is 60.1 Å². The third-order valence-corrected chi connectivity index (χ3v) is 12.7. The van der Waals surface area contributed by atoms with Gasteiger partial charge in [-0.25, -0.2) is 0 Å². The third-order valence-electron chi connectivity index (χ3n) is 6.93. The van der Waals surface area contributed by atoms with Crippen LogP contribution in [0.4, 0.5) is 11.4 Å². The van der Waals surface area contributed by atoms with Crippen molar-refractivity contribution >= 4 is 59.3 Å². The van der Waals surface area contributed by atoms with Crippen LogP contribution in [-0.4, -0.2) is 37.0 Å². The van der Waals surface area contributed by atoms with Gasteiger partial charge in [0.05, 0.1) is 28.1 Å². The molecule has 0 spiro atoms. The molecule has 4 aromatic rings. The molecular weight excluding hydrogens is 522 g/mol. The topological polar surface area (TPSA) is 75.5 Å².